The monoisotopic (exact) mass is 583 g/mol. The lowest BCUT2D eigenvalue weighted by atomic mass is 10.00. The standard InChI is InChI=1S/C33H33N3O5S/c1-41-26-15-17-27(18-16-26)42(39,40)36-20-19-28-29(13-8-14-31(28)36)33(38)35-30(21-24-9-4-2-5-10-24)32(37)23-34-22-25-11-6-3-7-12-25/h2-20,30,32,34,37H,21-23H2,1H3,(H,35,38)/t30-,32+/m0/s1. The molecule has 42 heavy (non-hydrogen) atoms. The van der Waals surface area contributed by atoms with Crippen LogP contribution in [0.15, 0.2) is 120 Å². The second-order valence-corrected chi connectivity index (χ2v) is 11.8. The van der Waals surface area contributed by atoms with E-state index in [1.54, 1.807) is 36.4 Å². The van der Waals surface area contributed by atoms with Gasteiger partial charge in [-0.2, -0.15) is 0 Å². The molecule has 0 bridgehead atoms. The molecule has 0 aliphatic rings. The van der Waals surface area contributed by atoms with Gasteiger partial charge in [-0.15, -0.1) is 0 Å². The molecule has 0 saturated heterocycles. The van der Waals surface area contributed by atoms with E-state index in [9.17, 15) is 18.3 Å². The van der Waals surface area contributed by atoms with Gasteiger partial charge in [0.05, 0.1) is 29.7 Å². The second-order valence-electron chi connectivity index (χ2n) is 9.98. The van der Waals surface area contributed by atoms with Crippen LogP contribution < -0.4 is 15.4 Å². The van der Waals surface area contributed by atoms with E-state index in [0.29, 0.717) is 35.2 Å². The van der Waals surface area contributed by atoms with Crippen LogP contribution in [0.5, 0.6) is 5.75 Å². The zero-order valence-corrected chi connectivity index (χ0v) is 24.0. The Morgan fingerprint density at radius 2 is 1.52 bits per heavy atom. The van der Waals surface area contributed by atoms with Crippen molar-refractivity contribution in [2.45, 2.75) is 30.0 Å². The zero-order chi connectivity index (χ0) is 29.5. The topological polar surface area (TPSA) is 110 Å². The fourth-order valence-electron chi connectivity index (χ4n) is 4.91. The van der Waals surface area contributed by atoms with Crippen LogP contribution in [0.3, 0.4) is 0 Å². The third-order valence-electron chi connectivity index (χ3n) is 7.16. The van der Waals surface area contributed by atoms with Gasteiger partial charge in [-0.05, 0) is 60.0 Å². The predicted octanol–water partition coefficient (Wildman–Crippen LogP) is 4.38. The summed E-state index contributed by atoms with van der Waals surface area (Å²) in [5.41, 5.74) is 2.76. The van der Waals surface area contributed by atoms with Crippen molar-refractivity contribution in [1.82, 2.24) is 14.6 Å². The van der Waals surface area contributed by atoms with Gasteiger partial charge in [0.25, 0.3) is 15.9 Å². The highest BCUT2D eigenvalue weighted by molar-refractivity contribution is 7.90. The van der Waals surface area contributed by atoms with Gasteiger partial charge in [-0.1, -0.05) is 66.7 Å². The van der Waals surface area contributed by atoms with Gasteiger partial charge >= 0.3 is 0 Å². The summed E-state index contributed by atoms with van der Waals surface area (Å²) in [5, 5.41) is 17.9. The number of ether oxygens (including phenoxy) is 1. The Morgan fingerprint density at radius 3 is 2.19 bits per heavy atom. The maximum absolute atomic E-state index is 13.6. The lowest BCUT2D eigenvalue weighted by molar-refractivity contribution is 0.0831. The molecule has 1 amide bonds. The molecule has 0 spiro atoms. The normalized spacial score (nSPS) is 13.0. The molecule has 8 nitrogen and oxygen atoms in total. The number of carbonyl (C=O) groups excluding carboxylic acids is 1. The number of carbonyl (C=O) groups is 1. The van der Waals surface area contributed by atoms with E-state index in [-0.39, 0.29) is 11.4 Å². The van der Waals surface area contributed by atoms with Crippen molar-refractivity contribution in [3.63, 3.8) is 0 Å². The van der Waals surface area contributed by atoms with Crippen LogP contribution in [-0.2, 0) is 23.0 Å². The summed E-state index contributed by atoms with van der Waals surface area (Å²) in [5.74, 6) is 0.149. The van der Waals surface area contributed by atoms with Gasteiger partial charge in [0.15, 0.2) is 0 Å². The molecule has 5 rings (SSSR count). The Labute approximate surface area is 245 Å². The Hall–Kier alpha value is -4.44. The molecule has 0 radical (unpaired) electrons. The van der Waals surface area contributed by atoms with Crippen LogP contribution in [-0.4, -0.2) is 49.2 Å². The number of aliphatic hydroxyl groups is 1. The lowest BCUT2D eigenvalue weighted by Gasteiger charge is -2.25. The molecule has 0 saturated carbocycles. The summed E-state index contributed by atoms with van der Waals surface area (Å²) in [4.78, 5) is 13.7. The smallest absolute Gasteiger partial charge is 0.268 e. The van der Waals surface area contributed by atoms with Crippen molar-refractivity contribution in [2.75, 3.05) is 13.7 Å². The number of nitrogens with one attached hydrogen (secondary N) is 2. The molecule has 9 heteroatoms. The molecule has 216 valence electrons. The first-order valence-electron chi connectivity index (χ1n) is 13.6. The van der Waals surface area contributed by atoms with Gasteiger partial charge < -0.3 is 20.5 Å². The van der Waals surface area contributed by atoms with Crippen LogP contribution in [0.1, 0.15) is 21.5 Å². The molecule has 0 unspecified atom stereocenters. The predicted molar refractivity (Wildman–Crippen MR) is 163 cm³/mol. The van der Waals surface area contributed by atoms with E-state index in [1.807, 2.05) is 60.7 Å². The van der Waals surface area contributed by atoms with Crippen LogP contribution in [0, 0.1) is 0 Å². The Bertz CT molecular complexity index is 1740. The molecule has 0 aliphatic heterocycles. The number of aliphatic hydroxyl groups excluding tert-OH is 1. The van der Waals surface area contributed by atoms with E-state index < -0.39 is 28.1 Å². The van der Waals surface area contributed by atoms with Crippen LogP contribution >= 0.6 is 0 Å². The number of benzene rings is 4. The van der Waals surface area contributed by atoms with Gasteiger partial charge in [-0.3, -0.25) is 4.79 Å². The number of amides is 1. The van der Waals surface area contributed by atoms with Crippen molar-refractivity contribution in [1.29, 1.82) is 0 Å². The molecule has 2 atom stereocenters. The van der Waals surface area contributed by atoms with Crippen LogP contribution in [0.25, 0.3) is 10.9 Å². The Balaban J connectivity index is 1.38. The van der Waals surface area contributed by atoms with Gasteiger partial charge in [0, 0.05) is 30.2 Å². The van der Waals surface area contributed by atoms with E-state index in [2.05, 4.69) is 10.6 Å². The van der Waals surface area contributed by atoms with Gasteiger partial charge in [0.2, 0.25) is 0 Å². The molecular weight excluding hydrogens is 550 g/mol. The molecule has 1 aromatic heterocycles. The van der Waals surface area contributed by atoms with Gasteiger partial charge in [-0.25, -0.2) is 12.4 Å². The van der Waals surface area contributed by atoms with Crippen molar-refractivity contribution in [3.05, 3.63) is 132 Å². The number of methoxy groups -OCH3 is 1. The summed E-state index contributed by atoms with van der Waals surface area (Å²) in [6.07, 6.45) is 0.992. The molecule has 0 fully saturated rings. The maximum Gasteiger partial charge on any atom is 0.268 e. The first kappa shape index (κ1) is 29.1. The summed E-state index contributed by atoms with van der Waals surface area (Å²) in [6, 6.07) is 31.7. The summed E-state index contributed by atoms with van der Waals surface area (Å²) in [7, 11) is -2.40. The van der Waals surface area contributed by atoms with E-state index in [1.165, 1.54) is 29.4 Å². The Morgan fingerprint density at radius 1 is 0.857 bits per heavy atom. The molecule has 4 aromatic carbocycles. The fraction of sp³-hybridized carbons (Fsp3) is 0.182. The number of nitrogens with zero attached hydrogens (tertiary/aromatic N) is 1. The van der Waals surface area contributed by atoms with Crippen LogP contribution in [0.4, 0.5) is 0 Å². The summed E-state index contributed by atoms with van der Waals surface area (Å²) < 4.78 is 33.2. The van der Waals surface area contributed by atoms with Crippen molar-refractivity contribution in [2.24, 2.45) is 0 Å². The SMILES string of the molecule is COc1ccc(S(=O)(=O)n2ccc3c(C(=O)N[C@@H](Cc4ccccc4)[C@H](O)CNCc4ccccc4)cccc32)cc1. The fourth-order valence-corrected chi connectivity index (χ4v) is 6.26. The Kier molecular flexibility index (Phi) is 9.02. The molecule has 0 aliphatic carbocycles. The molecule has 1 heterocycles. The lowest BCUT2D eigenvalue weighted by Crippen LogP contribution is -2.48. The highest BCUT2D eigenvalue weighted by Gasteiger charge is 2.25. The van der Waals surface area contributed by atoms with E-state index in [4.69, 9.17) is 4.74 Å². The molecular formula is C33H33N3O5S. The summed E-state index contributed by atoms with van der Waals surface area (Å²) >= 11 is 0. The minimum Gasteiger partial charge on any atom is -0.497 e. The first-order valence-corrected chi connectivity index (χ1v) is 15.1. The van der Waals surface area contributed by atoms with Crippen molar-refractivity contribution in [3.8, 4) is 5.75 Å². The zero-order valence-electron chi connectivity index (χ0n) is 23.2. The number of rotatable bonds is 12. The second kappa shape index (κ2) is 13.0. The number of hydrogen-bond acceptors (Lipinski definition) is 6. The summed E-state index contributed by atoms with van der Waals surface area (Å²) in [6.45, 7) is 0.854. The first-order chi connectivity index (χ1) is 20.4. The molecule has 5 aromatic rings. The van der Waals surface area contributed by atoms with Crippen LogP contribution in [0.2, 0.25) is 0 Å². The highest BCUT2D eigenvalue weighted by atomic mass is 32.2. The number of aromatic nitrogens is 1. The quantitative estimate of drug-likeness (QED) is 0.201. The third kappa shape index (κ3) is 6.54. The maximum atomic E-state index is 13.6. The van der Waals surface area contributed by atoms with E-state index in [0.717, 1.165) is 11.1 Å². The number of hydrogen-bond donors (Lipinski definition) is 3. The highest BCUT2D eigenvalue weighted by Crippen LogP contribution is 2.26. The number of fused-ring (bicyclic) bond motifs is 1. The van der Waals surface area contributed by atoms with E-state index >= 15 is 0 Å². The van der Waals surface area contributed by atoms with Crippen molar-refractivity contribution < 1.29 is 23.1 Å². The van der Waals surface area contributed by atoms with Crippen molar-refractivity contribution >= 4 is 26.8 Å². The van der Waals surface area contributed by atoms with Gasteiger partial charge in [0.1, 0.15) is 5.75 Å². The third-order valence-corrected chi connectivity index (χ3v) is 8.87. The average Bonchev–Trinajstić information content (AvgIpc) is 3.47. The largest absolute Gasteiger partial charge is 0.497 e. The minimum absolute atomic E-state index is 0.102. The molecule has 3 N–H and O–H groups in total. The average molecular weight is 584 g/mol. The minimum atomic E-state index is -3.92.